The number of benzene rings is 2. The van der Waals surface area contributed by atoms with E-state index in [9.17, 15) is 4.39 Å². The van der Waals surface area contributed by atoms with E-state index in [-0.39, 0.29) is 5.82 Å². The van der Waals surface area contributed by atoms with Crippen molar-refractivity contribution < 1.29 is 13.9 Å². The second kappa shape index (κ2) is 9.64. The fraction of sp³-hybridized carbons (Fsp3) is 0.368. The third kappa shape index (κ3) is 5.49. The van der Waals surface area contributed by atoms with Gasteiger partial charge in [0.05, 0.1) is 13.7 Å². The third-order valence-corrected chi connectivity index (χ3v) is 4.35. The van der Waals surface area contributed by atoms with Crippen LogP contribution in [0.4, 0.5) is 4.39 Å². The second-order valence-electron chi connectivity index (χ2n) is 5.50. The van der Waals surface area contributed by atoms with Gasteiger partial charge in [0.25, 0.3) is 0 Å². The first kappa shape index (κ1) is 18.7. The van der Waals surface area contributed by atoms with E-state index in [1.54, 1.807) is 7.11 Å². The molecule has 0 saturated heterocycles. The number of rotatable bonds is 9. The average Bonchev–Trinajstić information content (AvgIpc) is 2.59. The fourth-order valence-electron chi connectivity index (χ4n) is 2.30. The van der Waals surface area contributed by atoms with Crippen molar-refractivity contribution >= 4 is 15.9 Å². The van der Waals surface area contributed by atoms with Crippen LogP contribution in [0.15, 0.2) is 40.9 Å². The number of hydrogen-bond acceptors (Lipinski definition) is 3. The maximum Gasteiger partial charge on any atom is 0.162 e. The van der Waals surface area contributed by atoms with Crippen molar-refractivity contribution in [2.75, 3.05) is 20.3 Å². The lowest BCUT2D eigenvalue weighted by Gasteiger charge is -2.14. The van der Waals surface area contributed by atoms with E-state index in [2.05, 4.69) is 28.2 Å². The third-order valence-electron chi connectivity index (χ3n) is 3.61. The monoisotopic (exact) mass is 395 g/mol. The van der Waals surface area contributed by atoms with Gasteiger partial charge >= 0.3 is 0 Å². The molecule has 0 amide bonds. The molecule has 1 N–H and O–H groups in total. The van der Waals surface area contributed by atoms with Gasteiger partial charge < -0.3 is 14.8 Å². The van der Waals surface area contributed by atoms with Gasteiger partial charge in [0.15, 0.2) is 11.5 Å². The van der Waals surface area contributed by atoms with Gasteiger partial charge in [-0.1, -0.05) is 35.0 Å². The van der Waals surface area contributed by atoms with Crippen molar-refractivity contribution in [2.45, 2.75) is 26.3 Å². The van der Waals surface area contributed by atoms with Crippen molar-refractivity contribution in [3.05, 3.63) is 57.8 Å². The summed E-state index contributed by atoms with van der Waals surface area (Å²) in [6.45, 7) is 4.26. The van der Waals surface area contributed by atoms with E-state index in [1.165, 1.54) is 12.1 Å². The number of halogens is 2. The topological polar surface area (TPSA) is 30.5 Å². The molecule has 0 atom stereocenters. The van der Waals surface area contributed by atoms with Crippen LogP contribution in [0.2, 0.25) is 0 Å². The molecule has 24 heavy (non-hydrogen) atoms. The zero-order valence-corrected chi connectivity index (χ0v) is 15.7. The molecule has 2 aromatic rings. The van der Waals surface area contributed by atoms with Crippen LogP contribution in [0, 0.1) is 5.82 Å². The quantitative estimate of drug-likeness (QED) is 0.623. The van der Waals surface area contributed by atoms with Crippen molar-refractivity contribution in [1.82, 2.24) is 5.32 Å². The first-order valence-electron chi connectivity index (χ1n) is 8.08. The number of hydrogen-bond donors (Lipinski definition) is 1. The minimum absolute atomic E-state index is 0.201. The Morgan fingerprint density at radius 3 is 2.54 bits per heavy atom. The van der Waals surface area contributed by atoms with E-state index < -0.39 is 0 Å². The van der Waals surface area contributed by atoms with Crippen molar-refractivity contribution in [3.8, 4) is 11.5 Å². The highest BCUT2D eigenvalue weighted by atomic mass is 79.9. The zero-order chi connectivity index (χ0) is 17.4. The molecule has 0 fully saturated rings. The van der Waals surface area contributed by atoms with E-state index in [1.807, 2.05) is 24.3 Å². The van der Waals surface area contributed by atoms with Crippen LogP contribution < -0.4 is 14.8 Å². The molecule has 0 heterocycles. The lowest BCUT2D eigenvalue weighted by molar-refractivity contribution is 0.294. The lowest BCUT2D eigenvalue weighted by atomic mass is 10.1. The standard InChI is InChI=1S/C19H23BrFNO2/c1-3-10-24-19-12-17(20)15(11-18(19)23-2)13-22-9-8-14-4-6-16(21)7-5-14/h4-7,11-12,22H,3,8-10,13H2,1-2H3. The van der Waals surface area contributed by atoms with Crippen LogP contribution in [0.25, 0.3) is 0 Å². The Balaban J connectivity index is 1.90. The molecule has 0 aliphatic carbocycles. The maximum atomic E-state index is 12.9. The van der Waals surface area contributed by atoms with Crippen LogP contribution in [-0.4, -0.2) is 20.3 Å². The Labute approximate surface area is 151 Å². The van der Waals surface area contributed by atoms with Crippen LogP contribution in [0.5, 0.6) is 11.5 Å². The van der Waals surface area contributed by atoms with E-state index in [0.29, 0.717) is 13.2 Å². The molecule has 0 aromatic heterocycles. The number of methoxy groups -OCH3 is 1. The molecule has 0 unspecified atom stereocenters. The summed E-state index contributed by atoms with van der Waals surface area (Å²) in [6, 6.07) is 10.6. The Bertz CT molecular complexity index is 647. The molecule has 0 radical (unpaired) electrons. The SMILES string of the molecule is CCCOc1cc(Br)c(CNCCc2ccc(F)cc2)cc1OC. The van der Waals surface area contributed by atoms with Gasteiger partial charge in [0.2, 0.25) is 0 Å². The molecule has 2 aromatic carbocycles. The van der Waals surface area contributed by atoms with Crippen molar-refractivity contribution in [1.29, 1.82) is 0 Å². The van der Waals surface area contributed by atoms with Crippen LogP contribution in [0.1, 0.15) is 24.5 Å². The highest BCUT2D eigenvalue weighted by Gasteiger charge is 2.10. The van der Waals surface area contributed by atoms with Gasteiger partial charge in [0.1, 0.15) is 5.82 Å². The molecule has 3 nitrogen and oxygen atoms in total. The lowest BCUT2D eigenvalue weighted by Crippen LogP contribution is -2.17. The maximum absolute atomic E-state index is 12.9. The van der Waals surface area contributed by atoms with E-state index in [4.69, 9.17) is 9.47 Å². The zero-order valence-electron chi connectivity index (χ0n) is 14.1. The second-order valence-corrected chi connectivity index (χ2v) is 6.35. The predicted octanol–water partition coefficient (Wildman–Crippen LogP) is 4.72. The summed E-state index contributed by atoms with van der Waals surface area (Å²) >= 11 is 3.59. The molecule has 0 saturated carbocycles. The van der Waals surface area contributed by atoms with Gasteiger partial charge in [-0.15, -0.1) is 0 Å². The summed E-state index contributed by atoms with van der Waals surface area (Å²) in [7, 11) is 1.65. The molecule has 2 rings (SSSR count). The summed E-state index contributed by atoms with van der Waals surface area (Å²) in [6.07, 6.45) is 1.81. The number of nitrogens with one attached hydrogen (secondary N) is 1. The fourth-order valence-corrected chi connectivity index (χ4v) is 2.77. The minimum atomic E-state index is -0.201. The molecule has 0 aliphatic heterocycles. The smallest absolute Gasteiger partial charge is 0.162 e. The summed E-state index contributed by atoms with van der Waals surface area (Å²) < 4.78 is 25.0. The Hall–Kier alpha value is -1.59. The van der Waals surface area contributed by atoms with E-state index in [0.717, 1.165) is 46.5 Å². The van der Waals surface area contributed by atoms with Gasteiger partial charge in [-0.05, 0) is 54.8 Å². The molecular weight excluding hydrogens is 373 g/mol. The number of ether oxygens (including phenoxy) is 2. The summed E-state index contributed by atoms with van der Waals surface area (Å²) in [5.41, 5.74) is 2.22. The largest absolute Gasteiger partial charge is 0.493 e. The average molecular weight is 396 g/mol. The first-order chi connectivity index (χ1) is 11.6. The molecule has 0 aliphatic rings. The highest BCUT2D eigenvalue weighted by molar-refractivity contribution is 9.10. The Morgan fingerprint density at radius 1 is 1.12 bits per heavy atom. The van der Waals surface area contributed by atoms with Gasteiger partial charge in [0, 0.05) is 11.0 Å². The van der Waals surface area contributed by atoms with Crippen molar-refractivity contribution in [3.63, 3.8) is 0 Å². The van der Waals surface area contributed by atoms with Crippen LogP contribution in [-0.2, 0) is 13.0 Å². The molecular formula is C19H23BrFNO2. The molecule has 0 bridgehead atoms. The van der Waals surface area contributed by atoms with Crippen LogP contribution >= 0.6 is 15.9 Å². The van der Waals surface area contributed by atoms with Crippen molar-refractivity contribution in [2.24, 2.45) is 0 Å². The summed E-state index contributed by atoms with van der Waals surface area (Å²) in [5, 5.41) is 3.40. The van der Waals surface area contributed by atoms with Gasteiger partial charge in [-0.25, -0.2) is 4.39 Å². The molecule has 5 heteroatoms. The predicted molar refractivity (Wildman–Crippen MR) is 98.3 cm³/mol. The Kier molecular flexibility index (Phi) is 7.53. The van der Waals surface area contributed by atoms with E-state index >= 15 is 0 Å². The minimum Gasteiger partial charge on any atom is -0.493 e. The van der Waals surface area contributed by atoms with Gasteiger partial charge in [-0.2, -0.15) is 0 Å². The van der Waals surface area contributed by atoms with Gasteiger partial charge in [-0.3, -0.25) is 0 Å². The highest BCUT2D eigenvalue weighted by Crippen LogP contribution is 2.33. The first-order valence-corrected chi connectivity index (χ1v) is 8.87. The summed E-state index contributed by atoms with van der Waals surface area (Å²) in [5.74, 6) is 1.29. The van der Waals surface area contributed by atoms with Crippen LogP contribution in [0.3, 0.4) is 0 Å². The molecule has 0 spiro atoms. The Morgan fingerprint density at radius 2 is 1.88 bits per heavy atom. The summed E-state index contributed by atoms with van der Waals surface area (Å²) in [4.78, 5) is 0. The normalized spacial score (nSPS) is 10.7. The molecule has 130 valence electrons.